The third-order valence-electron chi connectivity index (χ3n) is 7.08. The molecule has 0 aliphatic carbocycles. The van der Waals surface area contributed by atoms with Crippen LogP contribution in [0.15, 0.2) is 109 Å². The topological polar surface area (TPSA) is 84.9 Å². The zero-order valence-electron chi connectivity index (χ0n) is 21.7. The molecule has 0 amide bonds. The van der Waals surface area contributed by atoms with E-state index < -0.39 is 0 Å². The van der Waals surface area contributed by atoms with E-state index in [0.29, 0.717) is 17.4 Å². The molecular weight excluding hydrogens is 496 g/mol. The number of hydrogen-bond donors (Lipinski definition) is 2. The first kappa shape index (κ1) is 23.8. The zero-order valence-corrected chi connectivity index (χ0v) is 21.7. The van der Waals surface area contributed by atoms with Gasteiger partial charge in [0.25, 0.3) is 0 Å². The van der Waals surface area contributed by atoms with Crippen molar-refractivity contribution in [2.45, 2.75) is 12.8 Å². The third-order valence-corrected chi connectivity index (χ3v) is 7.08. The minimum atomic E-state index is 0.565. The minimum absolute atomic E-state index is 0.565. The van der Waals surface area contributed by atoms with E-state index >= 15 is 0 Å². The van der Waals surface area contributed by atoms with Crippen molar-refractivity contribution in [2.75, 3.05) is 17.2 Å². The molecule has 6 aromatic rings. The summed E-state index contributed by atoms with van der Waals surface area (Å²) < 4.78 is 6.29. The van der Waals surface area contributed by atoms with Gasteiger partial charge >= 0.3 is 0 Å². The molecule has 0 spiro atoms. The Labute approximate surface area is 231 Å². The molecule has 1 aliphatic heterocycles. The zero-order chi connectivity index (χ0) is 26.7. The van der Waals surface area contributed by atoms with Crippen LogP contribution in [0.5, 0.6) is 11.6 Å². The van der Waals surface area contributed by atoms with Crippen LogP contribution in [0.3, 0.4) is 0 Å². The monoisotopic (exact) mass is 522 g/mol. The number of anilines is 3. The van der Waals surface area contributed by atoms with E-state index in [1.807, 2.05) is 79.0 Å². The van der Waals surface area contributed by atoms with Gasteiger partial charge in [-0.3, -0.25) is 0 Å². The second-order valence-electron chi connectivity index (χ2n) is 9.63. The maximum absolute atomic E-state index is 6.29. The molecule has 40 heavy (non-hydrogen) atoms. The summed E-state index contributed by atoms with van der Waals surface area (Å²) in [6, 6.07) is 32.1. The summed E-state index contributed by atoms with van der Waals surface area (Å²) in [7, 11) is 0. The average molecular weight is 523 g/mol. The predicted octanol–water partition coefficient (Wildman–Crippen LogP) is 7.65. The van der Waals surface area contributed by atoms with Crippen LogP contribution < -0.4 is 15.4 Å². The number of aromatic nitrogens is 4. The van der Waals surface area contributed by atoms with Gasteiger partial charge in [0.15, 0.2) is 5.82 Å². The van der Waals surface area contributed by atoms with Crippen LogP contribution in [0, 0.1) is 0 Å². The van der Waals surface area contributed by atoms with Gasteiger partial charge in [-0.2, -0.15) is 0 Å². The number of pyridine rings is 2. The standard InChI is InChI=1S/C33H26N6O/c1-2-8-22(9-3-1)30-26-10-4-5-11-28(26)32(39-38-30)37-23-14-16-24(17-15-23)40-33-29(13-7-20-36-33)25-18-21-35-31-27(25)12-6-19-34-31/h1-5,7-11,13-18,20-21H,6,12,19H2,(H,34,35)(H,37,39). The van der Waals surface area contributed by atoms with E-state index in [-0.39, 0.29) is 0 Å². The molecule has 0 atom stereocenters. The van der Waals surface area contributed by atoms with Gasteiger partial charge in [-0.05, 0) is 60.9 Å². The maximum atomic E-state index is 6.29. The van der Waals surface area contributed by atoms with E-state index in [4.69, 9.17) is 4.74 Å². The van der Waals surface area contributed by atoms with Crippen LogP contribution in [-0.2, 0) is 6.42 Å². The molecule has 7 heteroatoms. The number of nitrogens with one attached hydrogen (secondary N) is 2. The second kappa shape index (κ2) is 10.5. The Bertz CT molecular complexity index is 1800. The molecule has 0 radical (unpaired) electrons. The fraction of sp³-hybridized carbons (Fsp3) is 0.0909. The molecule has 3 aromatic heterocycles. The first-order valence-electron chi connectivity index (χ1n) is 13.4. The summed E-state index contributed by atoms with van der Waals surface area (Å²) in [5.41, 5.74) is 6.04. The SMILES string of the molecule is c1ccc(-c2nnc(Nc3ccc(Oc4ncccc4-c4ccnc5c4CCCN5)cc3)c3ccccc23)cc1. The van der Waals surface area contributed by atoms with Crippen LogP contribution in [0.25, 0.3) is 33.2 Å². The lowest BCUT2D eigenvalue weighted by Gasteiger charge is -2.20. The highest BCUT2D eigenvalue weighted by Gasteiger charge is 2.18. The fourth-order valence-electron chi connectivity index (χ4n) is 5.16. The van der Waals surface area contributed by atoms with Crippen molar-refractivity contribution in [2.24, 2.45) is 0 Å². The first-order chi connectivity index (χ1) is 19.8. The highest BCUT2D eigenvalue weighted by Crippen LogP contribution is 2.37. The van der Waals surface area contributed by atoms with Crippen molar-refractivity contribution in [1.82, 2.24) is 20.2 Å². The van der Waals surface area contributed by atoms with Crippen molar-refractivity contribution in [3.8, 4) is 34.0 Å². The highest BCUT2D eigenvalue weighted by molar-refractivity contribution is 6.00. The van der Waals surface area contributed by atoms with Gasteiger partial charge in [-0.1, -0.05) is 54.6 Å². The lowest BCUT2D eigenvalue weighted by molar-refractivity contribution is 0.465. The molecule has 0 bridgehead atoms. The van der Waals surface area contributed by atoms with Crippen LogP contribution in [0.1, 0.15) is 12.0 Å². The Morgan fingerprint density at radius 3 is 2.40 bits per heavy atom. The number of fused-ring (bicyclic) bond motifs is 2. The maximum Gasteiger partial charge on any atom is 0.227 e. The Hall–Kier alpha value is -5.30. The molecule has 0 saturated heterocycles. The molecule has 0 fully saturated rings. The van der Waals surface area contributed by atoms with Crippen LogP contribution in [0.2, 0.25) is 0 Å². The summed E-state index contributed by atoms with van der Waals surface area (Å²) in [5.74, 6) is 2.91. The van der Waals surface area contributed by atoms with E-state index in [0.717, 1.165) is 64.0 Å². The number of nitrogens with zero attached hydrogens (tertiary/aromatic N) is 4. The van der Waals surface area contributed by atoms with E-state index in [1.165, 1.54) is 5.56 Å². The van der Waals surface area contributed by atoms with E-state index in [9.17, 15) is 0 Å². The fourth-order valence-corrected chi connectivity index (χ4v) is 5.16. The molecule has 3 aromatic carbocycles. The second-order valence-corrected chi connectivity index (χ2v) is 9.63. The summed E-state index contributed by atoms with van der Waals surface area (Å²) in [4.78, 5) is 9.07. The molecule has 7 rings (SSSR count). The predicted molar refractivity (Wildman–Crippen MR) is 159 cm³/mol. The molecule has 2 N–H and O–H groups in total. The third kappa shape index (κ3) is 4.58. The van der Waals surface area contributed by atoms with Gasteiger partial charge < -0.3 is 15.4 Å². The first-order valence-corrected chi connectivity index (χ1v) is 13.4. The van der Waals surface area contributed by atoms with Crippen LogP contribution in [0.4, 0.5) is 17.3 Å². The summed E-state index contributed by atoms with van der Waals surface area (Å²) in [5, 5.41) is 18.0. The van der Waals surface area contributed by atoms with Crippen molar-refractivity contribution in [3.63, 3.8) is 0 Å². The van der Waals surface area contributed by atoms with Crippen LogP contribution in [-0.4, -0.2) is 26.7 Å². The van der Waals surface area contributed by atoms with Gasteiger partial charge in [-0.25, -0.2) is 9.97 Å². The average Bonchev–Trinajstić information content (AvgIpc) is 3.03. The van der Waals surface area contributed by atoms with Crippen molar-refractivity contribution >= 4 is 28.1 Å². The molecule has 1 aliphatic rings. The molecule has 0 unspecified atom stereocenters. The molecular formula is C33H26N6O. The van der Waals surface area contributed by atoms with Gasteiger partial charge in [0, 0.05) is 52.1 Å². The Balaban J connectivity index is 1.15. The van der Waals surface area contributed by atoms with Crippen molar-refractivity contribution < 1.29 is 4.74 Å². The number of ether oxygens (including phenoxy) is 1. The quantitative estimate of drug-likeness (QED) is 0.232. The number of hydrogen-bond acceptors (Lipinski definition) is 7. The molecule has 4 heterocycles. The van der Waals surface area contributed by atoms with Gasteiger partial charge in [0.05, 0.1) is 0 Å². The lowest BCUT2D eigenvalue weighted by Crippen LogP contribution is -2.14. The Kier molecular flexibility index (Phi) is 6.22. The smallest absolute Gasteiger partial charge is 0.227 e. The summed E-state index contributed by atoms with van der Waals surface area (Å²) in [6.07, 6.45) is 5.64. The largest absolute Gasteiger partial charge is 0.438 e. The van der Waals surface area contributed by atoms with E-state index in [1.54, 1.807) is 6.20 Å². The van der Waals surface area contributed by atoms with Gasteiger partial charge in [-0.15, -0.1) is 10.2 Å². The summed E-state index contributed by atoms with van der Waals surface area (Å²) >= 11 is 0. The number of rotatable bonds is 6. The molecule has 0 saturated carbocycles. The Morgan fingerprint density at radius 2 is 1.52 bits per heavy atom. The normalized spacial score (nSPS) is 12.4. The minimum Gasteiger partial charge on any atom is -0.438 e. The molecule has 194 valence electrons. The Morgan fingerprint density at radius 1 is 0.700 bits per heavy atom. The van der Waals surface area contributed by atoms with Crippen molar-refractivity contribution in [1.29, 1.82) is 0 Å². The van der Waals surface area contributed by atoms with Gasteiger partial charge in [0.2, 0.25) is 5.88 Å². The summed E-state index contributed by atoms with van der Waals surface area (Å²) in [6.45, 7) is 0.943. The number of benzene rings is 3. The van der Waals surface area contributed by atoms with Crippen molar-refractivity contribution in [3.05, 3.63) is 115 Å². The van der Waals surface area contributed by atoms with Crippen LogP contribution >= 0.6 is 0 Å². The molecule has 7 nitrogen and oxygen atoms in total. The van der Waals surface area contributed by atoms with E-state index in [2.05, 4.69) is 55.1 Å². The highest BCUT2D eigenvalue weighted by atomic mass is 16.5. The van der Waals surface area contributed by atoms with Gasteiger partial charge in [0.1, 0.15) is 17.3 Å². The lowest BCUT2D eigenvalue weighted by atomic mass is 9.96.